The van der Waals surface area contributed by atoms with E-state index in [9.17, 15) is 13.2 Å². The van der Waals surface area contributed by atoms with Gasteiger partial charge in [0, 0.05) is 25.9 Å². The minimum atomic E-state index is -3.03. The van der Waals surface area contributed by atoms with Gasteiger partial charge in [0.15, 0.2) is 0 Å². The Labute approximate surface area is 153 Å². The Morgan fingerprint density at radius 3 is 2.88 bits per heavy atom. The molecule has 1 aliphatic heterocycles. The zero-order valence-corrected chi connectivity index (χ0v) is 15.5. The van der Waals surface area contributed by atoms with Crippen LogP contribution < -0.4 is 5.32 Å². The lowest BCUT2D eigenvalue weighted by Crippen LogP contribution is -2.46. The number of likely N-dealkylation sites (tertiary alicyclic amines) is 1. The van der Waals surface area contributed by atoms with Gasteiger partial charge in [-0.05, 0) is 30.4 Å². The number of sulfone groups is 1. The lowest BCUT2D eigenvalue weighted by atomic mass is 10.0. The first-order valence-corrected chi connectivity index (χ1v) is 10.6. The highest BCUT2D eigenvalue weighted by Crippen LogP contribution is 2.18. The molecule has 1 aromatic carbocycles. The van der Waals surface area contributed by atoms with Crippen LogP contribution in [0.5, 0.6) is 0 Å². The van der Waals surface area contributed by atoms with Gasteiger partial charge in [0.25, 0.3) is 0 Å². The first-order valence-electron chi connectivity index (χ1n) is 8.56. The molecule has 1 saturated heterocycles. The Morgan fingerprint density at radius 2 is 2.15 bits per heavy atom. The molecule has 0 aliphatic carbocycles. The molecule has 140 valence electrons. The number of aromatic nitrogens is 3. The molecule has 2 amide bonds. The van der Waals surface area contributed by atoms with E-state index in [0.717, 1.165) is 24.1 Å². The molecule has 2 heterocycles. The number of benzene rings is 1. The van der Waals surface area contributed by atoms with Gasteiger partial charge in [-0.2, -0.15) is 5.10 Å². The number of nitrogens with one attached hydrogen (secondary N) is 1. The van der Waals surface area contributed by atoms with Crippen molar-refractivity contribution >= 4 is 15.9 Å². The van der Waals surface area contributed by atoms with Gasteiger partial charge in [-0.15, -0.1) is 0 Å². The third-order valence-corrected chi connectivity index (χ3v) is 5.51. The van der Waals surface area contributed by atoms with Crippen molar-refractivity contribution < 1.29 is 13.2 Å². The molecule has 8 nitrogen and oxygen atoms in total. The van der Waals surface area contributed by atoms with Crippen LogP contribution in [-0.2, 0) is 16.4 Å². The topological polar surface area (TPSA) is 97.2 Å². The largest absolute Gasteiger partial charge is 0.334 e. The third-order valence-electron chi connectivity index (χ3n) is 4.43. The molecule has 0 bridgehead atoms. The Balaban J connectivity index is 1.61. The zero-order chi connectivity index (χ0) is 18.6. The molecule has 9 heteroatoms. The molecule has 1 fully saturated rings. The van der Waals surface area contributed by atoms with E-state index in [1.54, 1.807) is 15.9 Å². The number of hydrogen-bond acceptors (Lipinski definition) is 5. The number of nitrogens with zero attached hydrogens (tertiary/aromatic N) is 4. The number of hydrogen-bond donors (Lipinski definition) is 1. The maximum atomic E-state index is 12.5. The number of carbonyl (C=O) groups is 1. The number of amides is 2. The van der Waals surface area contributed by atoms with Crippen molar-refractivity contribution in [1.82, 2.24) is 25.0 Å². The lowest BCUT2D eigenvalue weighted by Gasteiger charge is -2.32. The Morgan fingerprint density at radius 1 is 1.35 bits per heavy atom. The van der Waals surface area contributed by atoms with E-state index in [0.29, 0.717) is 19.6 Å². The van der Waals surface area contributed by atoms with Crippen LogP contribution in [0.25, 0.3) is 5.69 Å². The predicted octanol–water partition coefficient (Wildman–Crippen LogP) is 1.23. The SMILES string of the molecule is CS(=O)(=O)C[C@@H]1CCCN(C(=O)NCc2ccccc2-n2cncn2)C1. The highest BCUT2D eigenvalue weighted by Gasteiger charge is 2.26. The maximum Gasteiger partial charge on any atom is 0.317 e. The number of rotatable bonds is 5. The lowest BCUT2D eigenvalue weighted by molar-refractivity contribution is 0.170. The molecule has 1 atom stereocenters. The van der Waals surface area contributed by atoms with Gasteiger partial charge >= 0.3 is 6.03 Å². The maximum absolute atomic E-state index is 12.5. The number of piperidine rings is 1. The van der Waals surface area contributed by atoms with Gasteiger partial charge < -0.3 is 10.2 Å². The first kappa shape index (κ1) is 18.4. The van der Waals surface area contributed by atoms with Crippen LogP contribution in [-0.4, -0.2) is 59.2 Å². The summed E-state index contributed by atoms with van der Waals surface area (Å²) in [6.07, 6.45) is 5.98. The van der Waals surface area contributed by atoms with Gasteiger partial charge in [0.05, 0.1) is 11.4 Å². The second kappa shape index (κ2) is 7.86. The minimum Gasteiger partial charge on any atom is -0.334 e. The Hall–Kier alpha value is -2.42. The molecule has 1 N–H and O–H groups in total. The van der Waals surface area contributed by atoms with E-state index in [4.69, 9.17) is 0 Å². The molecule has 1 aromatic heterocycles. The van der Waals surface area contributed by atoms with Gasteiger partial charge in [-0.25, -0.2) is 22.9 Å². The second-order valence-electron chi connectivity index (χ2n) is 6.67. The second-order valence-corrected chi connectivity index (χ2v) is 8.86. The van der Waals surface area contributed by atoms with Gasteiger partial charge in [-0.1, -0.05) is 18.2 Å². The summed E-state index contributed by atoms with van der Waals surface area (Å²) in [6.45, 7) is 1.49. The molecular weight excluding hydrogens is 354 g/mol. The minimum absolute atomic E-state index is 0.00642. The molecule has 0 unspecified atom stereocenters. The van der Waals surface area contributed by atoms with E-state index in [-0.39, 0.29) is 17.7 Å². The van der Waals surface area contributed by atoms with E-state index in [1.807, 2.05) is 24.3 Å². The summed E-state index contributed by atoms with van der Waals surface area (Å²) in [5, 5.41) is 7.06. The van der Waals surface area contributed by atoms with E-state index < -0.39 is 9.84 Å². The average molecular weight is 377 g/mol. The standard InChI is InChI=1S/C17H23N5O3S/c1-26(24,25)11-14-5-4-8-21(10-14)17(23)19-9-15-6-2-3-7-16(15)22-13-18-12-20-22/h2-3,6-7,12-14H,4-5,8-11H2,1H3,(H,19,23)/t14-/m1/s1. The summed E-state index contributed by atoms with van der Waals surface area (Å²) in [6, 6.07) is 7.49. The monoisotopic (exact) mass is 377 g/mol. The van der Waals surface area contributed by atoms with Crippen LogP contribution in [0, 0.1) is 5.92 Å². The molecule has 26 heavy (non-hydrogen) atoms. The van der Waals surface area contributed by atoms with Crippen LogP contribution in [0.2, 0.25) is 0 Å². The predicted molar refractivity (Wildman–Crippen MR) is 97.6 cm³/mol. The highest BCUT2D eigenvalue weighted by atomic mass is 32.2. The fourth-order valence-electron chi connectivity index (χ4n) is 3.31. The number of para-hydroxylation sites is 1. The Kier molecular flexibility index (Phi) is 5.55. The van der Waals surface area contributed by atoms with Crippen molar-refractivity contribution in [3.05, 3.63) is 42.5 Å². The van der Waals surface area contributed by atoms with Crippen molar-refractivity contribution in [2.45, 2.75) is 19.4 Å². The molecule has 0 radical (unpaired) electrons. The van der Waals surface area contributed by atoms with Crippen LogP contribution in [0.1, 0.15) is 18.4 Å². The van der Waals surface area contributed by atoms with Crippen molar-refractivity contribution in [3.63, 3.8) is 0 Å². The molecular formula is C17H23N5O3S. The van der Waals surface area contributed by atoms with Crippen LogP contribution >= 0.6 is 0 Å². The van der Waals surface area contributed by atoms with E-state index >= 15 is 0 Å². The molecule has 1 aliphatic rings. The molecule has 3 rings (SSSR count). The molecule has 0 saturated carbocycles. The molecule has 2 aromatic rings. The summed E-state index contributed by atoms with van der Waals surface area (Å²) in [5.41, 5.74) is 1.79. The summed E-state index contributed by atoms with van der Waals surface area (Å²) in [7, 11) is -3.03. The fourth-order valence-corrected chi connectivity index (χ4v) is 4.44. The van der Waals surface area contributed by atoms with Gasteiger partial charge in [-0.3, -0.25) is 0 Å². The van der Waals surface area contributed by atoms with Crippen molar-refractivity contribution in [2.24, 2.45) is 5.92 Å². The summed E-state index contributed by atoms with van der Waals surface area (Å²) in [5.74, 6) is 0.137. The van der Waals surface area contributed by atoms with Crippen molar-refractivity contribution in [1.29, 1.82) is 0 Å². The van der Waals surface area contributed by atoms with E-state index in [1.165, 1.54) is 12.6 Å². The smallest absolute Gasteiger partial charge is 0.317 e. The average Bonchev–Trinajstić information content (AvgIpc) is 3.13. The van der Waals surface area contributed by atoms with E-state index in [2.05, 4.69) is 15.4 Å². The van der Waals surface area contributed by atoms with Crippen LogP contribution in [0.4, 0.5) is 4.79 Å². The van der Waals surface area contributed by atoms with Crippen molar-refractivity contribution in [2.75, 3.05) is 25.1 Å². The quantitative estimate of drug-likeness (QED) is 0.845. The molecule has 0 spiro atoms. The summed E-state index contributed by atoms with van der Waals surface area (Å²) < 4.78 is 24.7. The van der Waals surface area contributed by atoms with Crippen molar-refractivity contribution in [3.8, 4) is 5.69 Å². The summed E-state index contributed by atoms with van der Waals surface area (Å²) in [4.78, 5) is 18.2. The third kappa shape index (κ3) is 4.81. The zero-order valence-electron chi connectivity index (χ0n) is 14.7. The van der Waals surface area contributed by atoms with Gasteiger partial charge in [0.1, 0.15) is 22.5 Å². The number of carbonyl (C=O) groups excluding carboxylic acids is 1. The Bertz CT molecular complexity index is 851. The highest BCUT2D eigenvalue weighted by molar-refractivity contribution is 7.90. The van der Waals surface area contributed by atoms with Gasteiger partial charge in [0.2, 0.25) is 0 Å². The van der Waals surface area contributed by atoms with Crippen LogP contribution in [0.15, 0.2) is 36.9 Å². The number of urea groups is 1. The first-order chi connectivity index (χ1) is 12.4. The fraction of sp³-hybridized carbons (Fsp3) is 0.471. The summed E-state index contributed by atoms with van der Waals surface area (Å²) >= 11 is 0. The van der Waals surface area contributed by atoms with Crippen LogP contribution in [0.3, 0.4) is 0 Å². The normalized spacial score (nSPS) is 17.9.